The van der Waals surface area contributed by atoms with Crippen LogP contribution in [0, 0.1) is 0 Å². The number of aromatic hydroxyl groups is 1. The summed E-state index contributed by atoms with van der Waals surface area (Å²) >= 11 is 0. The standard InChI is InChI=1S/C8H6F3NO3/c9-8(10,11)7-6(15)4(1-2-12-7)3-5(13)14/h1-2,15H,3H2,(H,13,14). The molecule has 1 rings (SSSR count). The minimum absolute atomic E-state index is 0.315. The third-order valence-corrected chi connectivity index (χ3v) is 1.62. The van der Waals surface area contributed by atoms with Gasteiger partial charge in [0.25, 0.3) is 0 Å². The Morgan fingerprint density at radius 2 is 2.07 bits per heavy atom. The predicted octanol–water partition coefficient (Wildman–Crippen LogP) is 1.43. The largest absolute Gasteiger partial charge is 0.505 e. The molecule has 0 aliphatic rings. The zero-order valence-electron chi connectivity index (χ0n) is 7.25. The van der Waals surface area contributed by atoms with Crippen LogP contribution in [-0.4, -0.2) is 21.2 Å². The van der Waals surface area contributed by atoms with Gasteiger partial charge >= 0.3 is 12.1 Å². The molecular formula is C8H6F3NO3. The summed E-state index contributed by atoms with van der Waals surface area (Å²) in [5, 5.41) is 17.5. The van der Waals surface area contributed by atoms with Crippen LogP contribution >= 0.6 is 0 Å². The van der Waals surface area contributed by atoms with E-state index >= 15 is 0 Å². The Morgan fingerprint density at radius 3 is 2.53 bits per heavy atom. The number of aliphatic carboxylic acids is 1. The second-order valence-electron chi connectivity index (χ2n) is 2.74. The monoisotopic (exact) mass is 221 g/mol. The molecule has 0 aliphatic heterocycles. The first-order valence-electron chi connectivity index (χ1n) is 3.78. The number of pyridine rings is 1. The van der Waals surface area contributed by atoms with Crippen LogP contribution in [0.25, 0.3) is 0 Å². The van der Waals surface area contributed by atoms with E-state index in [1.165, 1.54) is 0 Å². The lowest BCUT2D eigenvalue weighted by molar-refractivity contribution is -0.143. The Kier molecular flexibility index (Phi) is 2.83. The highest BCUT2D eigenvalue weighted by Gasteiger charge is 2.36. The Morgan fingerprint density at radius 1 is 1.47 bits per heavy atom. The van der Waals surface area contributed by atoms with E-state index in [0.29, 0.717) is 0 Å². The van der Waals surface area contributed by atoms with E-state index in [0.717, 1.165) is 12.3 Å². The van der Waals surface area contributed by atoms with Gasteiger partial charge < -0.3 is 10.2 Å². The van der Waals surface area contributed by atoms with Gasteiger partial charge in [0.1, 0.15) is 5.75 Å². The summed E-state index contributed by atoms with van der Waals surface area (Å²) in [6, 6.07) is 1.03. The predicted molar refractivity (Wildman–Crippen MR) is 42.2 cm³/mol. The Bertz CT molecular complexity index is 389. The fourth-order valence-corrected chi connectivity index (χ4v) is 1.01. The van der Waals surface area contributed by atoms with E-state index in [4.69, 9.17) is 10.2 Å². The summed E-state index contributed by atoms with van der Waals surface area (Å²) in [7, 11) is 0. The molecular weight excluding hydrogens is 215 g/mol. The highest BCUT2D eigenvalue weighted by atomic mass is 19.4. The van der Waals surface area contributed by atoms with Crippen LogP contribution in [0.15, 0.2) is 12.3 Å². The first-order chi connectivity index (χ1) is 6.82. The van der Waals surface area contributed by atoms with Crippen LogP contribution in [0.3, 0.4) is 0 Å². The van der Waals surface area contributed by atoms with Crippen molar-refractivity contribution < 1.29 is 28.2 Å². The molecule has 0 radical (unpaired) electrons. The number of hydrogen-bond acceptors (Lipinski definition) is 3. The molecule has 1 aromatic rings. The number of aromatic nitrogens is 1. The number of rotatable bonds is 2. The highest BCUT2D eigenvalue weighted by Crippen LogP contribution is 2.35. The number of carbonyl (C=O) groups is 1. The zero-order chi connectivity index (χ0) is 11.6. The molecule has 15 heavy (non-hydrogen) atoms. The topological polar surface area (TPSA) is 70.4 Å². The second kappa shape index (κ2) is 3.76. The summed E-state index contributed by atoms with van der Waals surface area (Å²) in [6.07, 6.45) is -4.67. The molecule has 4 nitrogen and oxygen atoms in total. The van der Waals surface area contributed by atoms with Gasteiger partial charge in [0, 0.05) is 11.8 Å². The fraction of sp³-hybridized carbons (Fsp3) is 0.250. The summed E-state index contributed by atoms with van der Waals surface area (Å²) in [4.78, 5) is 13.2. The maximum absolute atomic E-state index is 12.2. The minimum Gasteiger partial charge on any atom is -0.505 e. The van der Waals surface area contributed by atoms with Crippen molar-refractivity contribution in [3.05, 3.63) is 23.5 Å². The SMILES string of the molecule is O=C(O)Cc1ccnc(C(F)(F)F)c1O. The summed E-state index contributed by atoms with van der Waals surface area (Å²) < 4.78 is 36.6. The lowest BCUT2D eigenvalue weighted by Gasteiger charge is -2.09. The molecule has 0 unspecified atom stereocenters. The number of halogens is 3. The summed E-state index contributed by atoms with van der Waals surface area (Å²) in [6.45, 7) is 0. The number of carboxylic acid groups (broad SMARTS) is 1. The van der Waals surface area contributed by atoms with Crippen molar-refractivity contribution >= 4 is 5.97 Å². The van der Waals surface area contributed by atoms with E-state index in [1.807, 2.05) is 0 Å². The molecule has 0 amide bonds. The number of nitrogens with zero attached hydrogens (tertiary/aromatic N) is 1. The first kappa shape index (κ1) is 11.3. The van der Waals surface area contributed by atoms with Crippen molar-refractivity contribution in [3.63, 3.8) is 0 Å². The maximum Gasteiger partial charge on any atom is 0.437 e. The van der Waals surface area contributed by atoms with Crippen molar-refractivity contribution in [1.29, 1.82) is 0 Å². The Hall–Kier alpha value is -1.79. The van der Waals surface area contributed by atoms with Crippen LogP contribution in [-0.2, 0) is 17.4 Å². The normalized spacial score (nSPS) is 11.4. The first-order valence-corrected chi connectivity index (χ1v) is 3.78. The second-order valence-corrected chi connectivity index (χ2v) is 2.74. The van der Waals surface area contributed by atoms with Gasteiger partial charge in [-0.15, -0.1) is 0 Å². The molecule has 7 heteroatoms. The van der Waals surface area contributed by atoms with Crippen LogP contribution in [0.2, 0.25) is 0 Å². The van der Waals surface area contributed by atoms with E-state index in [2.05, 4.69) is 4.98 Å². The third kappa shape index (κ3) is 2.58. The molecule has 1 heterocycles. The van der Waals surface area contributed by atoms with Gasteiger partial charge in [0.05, 0.1) is 6.42 Å². The van der Waals surface area contributed by atoms with E-state index in [1.54, 1.807) is 0 Å². The fourth-order valence-electron chi connectivity index (χ4n) is 1.01. The highest BCUT2D eigenvalue weighted by molar-refractivity contribution is 5.71. The molecule has 0 bridgehead atoms. The van der Waals surface area contributed by atoms with Gasteiger partial charge in [-0.05, 0) is 6.07 Å². The van der Waals surface area contributed by atoms with Gasteiger partial charge in [-0.3, -0.25) is 4.79 Å². The van der Waals surface area contributed by atoms with Gasteiger partial charge in [-0.2, -0.15) is 13.2 Å². The molecule has 82 valence electrons. The molecule has 0 atom stereocenters. The zero-order valence-corrected chi connectivity index (χ0v) is 7.25. The van der Waals surface area contributed by atoms with E-state index in [-0.39, 0.29) is 5.56 Å². The Balaban J connectivity index is 3.17. The minimum atomic E-state index is -4.79. The summed E-state index contributed by atoms with van der Waals surface area (Å²) in [5.74, 6) is -2.46. The van der Waals surface area contributed by atoms with E-state index in [9.17, 15) is 18.0 Å². The summed E-state index contributed by atoms with van der Waals surface area (Å²) in [5.41, 5.74) is -1.79. The molecule has 0 fully saturated rings. The molecule has 0 saturated carbocycles. The molecule has 0 saturated heterocycles. The van der Waals surface area contributed by atoms with Crippen LogP contribution in [0.1, 0.15) is 11.3 Å². The smallest absolute Gasteiger partial charge is 0.437 e. The van der Waals surface area contributed by atoms with Gasteiger partial charge in [0.15, 0.2) is 5.69 Å². The van der Waals surface area contributed by atoms with Crippen molar-refractivity contribution in [2.75, 3.05) is 0 Å². The number of hydrogen-bond donors (Lipinski definition) is 2. The number of carboxylic acids is 1. The van der Waals surface area contributed by atoms with Crippen molar-refractivity contribution in [2.45, 2.75) is 12.6 Å². The molecule has 1 aromatic heterocycles. The van der Waals surface area contributed by atoms with Crippen molar-refractivity contribution in [3.8, 4) is 5.75 Å². The number of alkyl halides is 3. The molecule has 2 N–H and O–H groups in total. The average molecular weight is 221 g/mol. The van der Waals surface area contributed by atoms with Gasteiger partial charge in [-0.1, -0.05) is 0 Å². The average Bonchev–Trinajstić information content (AvgIpc) is 2.05. The van der Waals surface area contributed by atoms with Crippen molar-refractivity contribution in [2.24, 2.45) is 0 Å². The molecule has 0 aromatic carbocycles. The van der Waals surface area contributed by atoms with Crippen molar-refractivity contribution in [1.82, 2.24) is 4.98 Å². The third-order valence-electron chi connectivity index (χ3n) is 1.62. The Labute approximate surface area is 82.0 Å². The molecule has 0 spiro atoms. The van der Waals surface area contributed by atoms with Crippen LogP contribution in [0.4, 0.5) is 13.2 Å². The quantitative estimate of drug-likeness (QED) is 0.792. The van der Waals surface area contributed by atoms with Gasteiger partial charge in [0.2, 0.25) is 0 Å². The lowest BCUT2D eigenvalue weighted by atomic mass is 10.1. The van der Waals surface area contributed by atoms with Crippen LogP contribution in [0.5, 0.6) is 5.75 Å². The lowest BCUT2D eigenvalue weighted by Crippen LogP contribution is -2.10. The van der Waals surface area contributed by atoms with Crippen LogP contribution < -0.4 is 0 Å². The maximum atomic E-state index is 12.2. The van der Waals surface area contributed by atoms with E-state index < -0.39 is 30.0 Å². The molecule has 0 aliphatic carbocycles. The van der Waals surface area contributed by atoms with Gasteiger partial charge in [-0.25, -0.2) is 4.98 Å².